The average molecular weight is 281 g/mol. The highest BCUT2D eigenvalue weighted by atomic mass is 16.4. The van der Waals surface area contributed by atoms with Crippen molar-refractivity contribution in [3.8, 4) is 11.5 Å². The lowest BCUT2D eigenvalue weighted by Gasteiger charge is -2.11. The number of phenolic OH excluding ortho intramolecular Hbond substituents is 2. The first-order valence-electron chi connectivity index (χ1n) is 6.42. The van der Waals surface area contributed by atoms with Crippen LogP contribution in [0.5, 0.6) is 11.5 Å². The molecule has 0 saturated carbocycles. The van der Waals surface area contributed by atoms with E-state index in [1.807, 2.05) is 6.92 Å². The van der Waals surface area contributed by atoms with Crippen LogP contribution in [-0.2, 0) is 4.79 Å². The molecule has 20 heavy (non-hydrogen) atoms. The summed E-state index contributed by atoms with van der Waals surface area (Å²) in [4.78, 5) is 22.2. The van der Waals surface area contributed by atoms with Gasteiger partial charge in [0.15, 0.2) is 0 Å². The first kappa shape index (κ1) is 15.8. The molecule has 110 valence electrons. The Bertz CT molecular complexity index is 486. The molecule has 6 heteroatoms. The molecule has 0 aromatic heterocycles. The van der Waals surface area contributed by atoms with E-state index < -0.39 is 11.9 Å². The average Bonchev–Trinajstić information content (AvgIpc) is 2.36. The van der Waals surface area contributed by atoms with Crippen molar-refractivity contribution in [3.63, 3.8) is 0 Å². The zero-order valence-electron chi connectivity index (χ0n) is 11.3. The number of carboxylic acids is 1. The highest BCUT2D eigenvalue weighted by molar-refractivity contribution is 5.96. The summed E-state index contributed by atoms with van der Waals surface area (Å²) in [6.07, 6.45) is 1.35. The number of carbonyl (C=O) groups excluding carboxylic acids is 1. The van der Waals surface area contributed by atoms with Crippen molar-refractivity contribution in [1.29, 1.82) is 0 Å². The van der Waals surface area contributed by atoms with Crippen LogP contribution in [-0.4, -0.2) is 33.7 Å². The Balaban J connectivity index is 2.38. The van der Waals surface area contributed by atoms with Crippen molar-refractivity contribution in [2.75, 3.05) is 6.54 Å². The van der Waals surface area contributed by atoms with Crippen LogP contribution < -0.4 is 5.32 Å². The second-order valence-electron chi connectivity index (χ2n) is 4.78. The van der Waals surface area contributed by atoms with Gasteiger partial charge < -0.3 is 20.6 Å². The largest absolute Gasteiger partial charge is 0.508 e. The Morgan fingerprint density at radius 3 is 2.55 bits per heavy atom. The van der Waals surface area contributed by atoms with Crippen LogP contribution in [0.3, 0.4) is 0 Å². The molecular weight excluding hydrogens is 262 g/mol. The normalized spacial score (nSPS) is 11.8. The van der Waals surface area contributed by atoms with Gasteiger partial charge in [-0.1, -0.05) is 6.92 Å². The van der Waals surface area contributed by atoms with Crippen molar-refractivity contribution in [2.45, 2.75) is 26.2 Å². The SMILES string of the molecule is CC(CCNC(=O)c1ccc(O)cc1O)CCC(=O)O. The topological polar surface area (TPSA) is 107 Å². The molecule has 1 aromatic carbocycles. The lowest BCUT2D eigenvalue weighted by atomic mass is 10.0. The van der Waals surface area contributed by atoms with E-state index in [9.17, 15) is 14.7 Å². The number of hydrogen-bond acceptors (Lipinski definition) is 4. The van der Waals surface area contributed by atoms with Crippen LogP contribution in [0.4, 0.5) is 0 Å². The fraction of sp³-hybridized carbons (Fsp3) is 0.429. The Morgan fingerprint density at radius 2 is 1.95 bits per heavy atom. The van der Waals surface area contributed by atoms with Crippen LogP contribution in [0.1, 0.15) is 36.5 Å². The molecule has 0 aliphatic rings. The maximum absolute atomic E-state index is 11.8. The zero-order valence-corrected chi connectivity index (χ0v) is 11.3. The molecule has 0 bridgehead atoms. The first-order valence-corrected chi connectivity index (χ1v) is 6.42. The van der Waals surface area contributed by atoms with E-state index in [1.54, 1.807) is 0 Å². The minimum Gasteiger partial charge on any atom is -0.508 e. The van der Waals surface area contributed by atoms with Gasteiger partial charge in [0.05, 0.1) is 5.56 Å². The standard InChI is InChI=1S/C14H19NO5/c1-9(2-5-13(18)19)6-7-15-14(20)11-4-3-10(16)8-12(11)17/h3-4,8-9,16-17H,2,5-7H2,1H3,(H,15,20)(H,18,19). The van der Waals surface area contributed by atoms with Crippen LogP contribution >= 0.6 is 0 Å². The van der Waals surface area contributed by atoms with Gasteiger partial charge in [-0.2, -0.15) is 0 Å². The minimum absolute atomic E-state index is 0.0981. The number of amides is 1. The summed E-state index contributed by atoms with van der Waals surface area (Å²) >= 11 is 0. The lowest BCUT2D eigenvalue weighted by molar-refractivity contribution is -0.137. The molecule has 1 atom stereocenters. The van der Waals surface area contributed by atoms with Crippen LogP contribution in [0.15, 0.2) is 18.2 Å². The highest BCUT2D eigenvalue weighted by Crippen LogP contribution is 2.22. The van der Waals surface area contributed by atoms with E-state index in [-0.39, 0.29) is 29.4 Å². The van der Waals surface area contributed by atoms with E-state index in [1.165, 1.54) is 12.1 Å². The molecule has 0 heterocycles. The molecule has 0 radical (unpaired) electrons. The summed E-state index contributed by atoms with van der Waals surface area (Å²) in [5, 5.41) is 29.9. The van der Waals surface area contributed by atoms with Gasteiger partial charge in [0.2, 0.25) is 0 Å². The van der Waals surface area contributed by atoms with Crippen LogP contribution in [0, 0.1) is 5.92 Å². The third-order valence-electron chi connectivity index (χ3n) is 3.00. The first-order chi connectivity index (χ1) is 9.40. The van der Waals surface area contributed by atoms with E-state index in [2.05, 4.69) is 5.32 Å². The molecule has 0 fully saturated rings. The monoisotopic (exact) mass is 281 g/mol. The number of phenols is 2. The molecule has 1 amide bonds. The van der Waals surface area contributed by atoms with E-state index in [0.29, 0.717) is 19.4 Å². The van der Waals surface area contributed by atoms with Crippen molar-refractivity contribution in [1.82, 2.24) is 5.32 Å². The number of aliphatic carboxylic acids is 1. The number of benzene rings is 1. The van der Waals surface area contributed by atoms with E-state index in [4.69, 9.17) is 10.2 Å². The maximum atomic E-state index is 11.8. The minimum atomic E-state index is -0.824. The zero-order chi connectivity index (χ0) is 15.1. The third kappa shape index (κ3) is 5.17. The number of hydrogen-bond donors (Lipinski definition) is 4. The van der Waals surface area contributed by atoms with Crippen LogP contribution in [0.2, 0.25) is 0 Å². The Hall–Kier alpha value is -2.24. The van der Waals surface area contributed by atoms with Crippen molar-refractivity contribution < 1.29 is 24.9 Å². The second-order valence-corrected chi connectivity index (χ2v) is 4.78. The smallest absolute Gasteiger partial charge is 0.303 e. The summed E-state index contributed by atoms with van der Waals surface area (Å²) < 4.78 is 0. The number of carbonyl (C=O) groups is 2. The van der Waals surface area contributed by atoms with Crippen molar-refractivity contribution in [2.24, 2.45) is 5.92 Å². The van der Waals surface area contributed by atoms with Gasteiger partial charge in [-0.3, -0.25) is 9.59 Å². The lowest BCUT2D eigenvalue weighted by Crippen LogP contribution is -2.25. The Morgan fingerprint density at radius 1 is 1.25 bits per heavy atom. The molecular formula is C14H19NO5. The predicted molar refractivity (Wildman–Crippen MR) is 72.8 cm³/mol. The number of carboxylic acid groups (broad SMARTS) is 1. The molecule has 0 saturated heterocycles. The van der Waals surface area contributed by atoms with Crippen LogP contribution in [0.25, 0.3) is 0 Å². The summed E-state index contributed by atoms with van der Waals surface area (Å²) in [6, 6.07) is 3.77. The Kier molecular flexibility index (Phi) is 5.83. The number of aromatic hydroxyl groups is 2. The van der Waals surface area contributed by atoms with Crippen molar-refractivity contribution >= 4 is 11.9 Å². The second kappa shape index (κ2) is 7.37. The van der Waals surface area contributed by atoms with Gasteiger partial charge in [0.25, 0.3) is 5.91 Å². The third-order valence-corrected chi connectivity index (χ3v) is 3.00. The van der Waals surface area contributed by atoms with E-state index >= 15 is 0 Å². The van der Waals surface area contributed by atoms with Gasteiger partial charge in [0, 0.05) is 19.0 Å². The Labute approximate surface area is 117 Å². The maximum Gasteiger partial charge on any atom is 0.303 e. The molecule has 0 aliphatic carbocycles. The molecule has 1 rings (SSSR count). The van der Waals surface area contributed by atoms with Gasteiger partial charge in [-0.15, -0.1) is 0 Å². The van der Waals surface area contributed by atoms with E-state index in [0.717, 1.165) is 6.07 Å². The summed E-state index contributed by atoms with van der Waals surface area (Å²) in [6.45, 7) is 2.33. The fourth-order valence-corrected chi connectivity index (χ4v) is 1.75. The number of nitrogens with one attached hydrogen (secondary N) is 1. The molecule has 0 spiro atoms. The fourth-order valence-electron chi connectivity index (χ4n) is 1.75. The molecule has 1 unspecified atom stereocenters. The molecule has 0 aliphatic heterocycles. The van der Waals surface area contributed by atoms with Gasteiger partial charge >= 0.3 is 5.97 Å². The number of rotatable bonds is 7. The molecule has 6 nitrogen and oxygen atoms in total. The summed E-state index contributed by atoms with van der Waals surface area (Å²) in [7, 11) is 0. The van der Waals surface area contributed by atoms with Gasteiger partial charge in [-0.25, -0.2) is 0 Å². The van der Waals surface area contributed by atoms with Gasteiger partial charge in [0.1, 0.15) is 11.5 Å². The summed E-state index contributed by atoms with van der Waals surface area (Å²) in [5.74, 6) is -1.44. The predicted octanol–water partition coefficient (Wildman–Crippen LogP) is 1.72. The molecule has 4 N–H and O–H groups in total. The van der Waals surface area contributed by atoms with Gasteiger partial charge in [-0.05, 0) is 30.9 Å². The quantitative estimate of drug-likeness (QED) is 0.608. The van der Waals surface area contributed by atoms with Crippen molar-refractivity contribution in [3.05, 3.63) is 23.8 Å². The molecule has 1 aromatic rings. The summed E-state index contributed by atoms with van der Waals surface area (Å²) in [5.41, 5.74) is 0.0981. The highest BCUT2D eigenvalue weighted by Gasteiger charge is 2.12.